The van der Waals surface area contributed by atoms with Crippen LogP contribution in [-0.2, 0) is 11.8 Å². The van der Waals surface area contributed by atoms with Crippen LogP contribution in [0.2, 0.25) is 5.15 Å². The minimum Gasteiger partial charge on any atom is -0.360 e. The maximum atomic E-state index is 12.1. The molecule has 0 aliphatic heterocycles. The normalized spacial score (nSPS) is 11.8. The molecule has 0 saturated heterocycles. The van der Waals surface area contributed by atoms with E-state index in [-0.39, 0.29) is 11.2 Å². The second kappa shape index (κ2) is 5.47. The molecule has 0 bridgehead atoms. The molecule has 3 nitrogen and oxygen atoms in total. The zero-order chi connectivity index (χ0) is 14.0. The average Bonchev–Trinajstić information content (AvgIpc) is 2.93. The number of carbonyl (C=O) groups is 1. The predicted octanol–water partition coefficient (Wildman–Crippen LogP) is 4.50. The number of hydrogen-bond donors (Lipinski definition) is 0. The number of aromatic nitrogens is 1. The van der Waals surface area contributed by atoms with Gasteiger partial charge in [-0.15, -0.1) is 11.3 Å². The van der Waals surface area contributed by atoms with Gasteiger partial charge in [-0.2, -0.15) is 0 Å². The van der Waals surface area contributed by atoms with E-state index in [1.807, 2.05) is 12.1 Å². The highest BCUT2D eigenvalue weighted by atomic mass is 35.5. The Balaban J connectivity index is 1.98. The van der Waals surface area contributed by atoms with Crippen LogP contribution in [0.1, 0.15) is 47.5 Å². The molecule has 2 heterocycles. The summed E-state index contributed by atoms with van der Waals surface area (Å²) in [5, 5.41) is 3.91. The highest BCUT2D eigenvalue weighted by molar-refractivity contribution is 7.14. The van der Waals surface area contributed by atoms with E-state index < -0.39 is 0 Å². The smallest absolute Gasteiger partial charge is 0.173 e. The maximum absolute atomic E-state index is 12.1. The van der Waals surface area contributed by atoms with Crippen LogP contribution in [0.15, 0.2) is 22.7 Å². The van der Waals surface area contributed by atoms with E-state index in [0.717, 1.165) is 4.88 Å². The second-order valence-electron chi connectivity index (χ2n) is 5.45. The van der Waals surface area contributed by atoms with Crippen LogP contribution in [0.5, 0.6) is 0 Å². The Hall–Kier alpha value is -1.13. The molecule has 5 heteroatoms. The van der Waals surface area contributed by atoms with Crippen molar-refractivity contribution < 1.29 is 9.32 Å². The SMILES string of the molecule is CC(C)(C)c1ccc(C(=O)CCc2cc(Cl)no2)s1. The molecule has 0 aliphatic rings. The van der Waals surface area contributed by atoms with E-state index >= 15 is 0 Å². The lowest BCUT2D eigenvalue weighted by atomic mass is 9.95. The van der Waals surface area contributed by atoms with Crippen molar-refractivity contribution in [1.29, 1.82) is 0 Å². The number of carbonyl (C=O) groups excluding carboxylic acids is 1. The quantitative estimate of drug-likeness (QED) is 0.780. The van der Waals surface area contributed by atoms with Gasteiger partial charge < -0.3 is 4.52 Å². The molecule has 0 atom stereocenters. The number of nitrogens with zero attached hydrogens (tertiary/aromatic N) is 1. The topological polar surface area (TPSA) is 43.1 Å². The van der Waals surface area contributed by atoms with Crippen molar-refractivity contribution in [3.63, 3.8) is 0 Å². The zero-order valence-corrected chi connectivity index (χ0v) is 12.8. The first-order valence-corrected chi connectivity index (χ1v) is 7.30. The molecule has 19 heavy (non-hydrogen) atoms. The van der Waals surface area contributed by atoms with E-state index in [9.17, 15) is 4.79 Å². The number of halogens is 1. The molecule has 0 unspecified atom stereocenters. The Morgan fingerprint density at radius 3 is 2.68 bits per heavy atom. The number of hydrogen-bond acceptors (Lipinski definition) is 4. The van der Waals surface area contributed by atoms with Crippen LogP contribution in [0, 0.1) is 0 Å². The van der Waals surface area contributed by atoms with Crippen molar-refractivity contribution >= 4 is 28.7 Å². The molecular weight excluding hydrogens is 282 g/mol. The monoisotopic (exact) mass is 297 g/mol. The van der Waals surface area contributed by atoms with Crippen molar-refractivity contribution in [2.24, 2.45) is 0 Å². The van der Waals surface area contributed by atoms with Gasteiger partial charge in [-0.1, -0.05) is 37.5 Å². The zero-order valence-electron chi connectivity index (χ0n) is 11.2. The molecule has 0 spiro atoms. The maximum Gasteiger partial charge on any atom is 0.173 e. The van der Waals surface area contributed by atoms with Gasteiger partial charge in [-0.25, -0.2) is 0 Å². The molecule has 102 valence electrons. The molecule has 2 aromatic heterocycles. The van der Waals surface area contributed by atoms with Crippen molar-refractivity contribution in [2.45, 2.75) is 39.0 Å². The lowest BCUT2D eigenvalue weighted by Gasteiger charge is -2.15. The van der Waals surface area contributed by atoms with Crippen LogP contribution in [0.25, 0.3) is 0 Å². The molecule has 2 rings (SSSR count). The van der Waals surface area contributed by atoms with Crippen molar-refractivity contribution in [3.05, 3.63) is 38.9 Å². The van der Waals surface area contributed by atoms with Gasteiger partial charge in [0.15, 0.2) is 10.9 Å². The van der Waals surface area contributed by atoms with Crippen molar-refractivity contribution in [1.82, 2.24) is 5.16 Å². The molecule has 2 aromatic rings. The average molecular weight is 298 g/mol. The van der Waals surface area contributed by atoms with Gasteiger partial charge >= 0.3 is 0 Å². The van der Waals surface area contributed by atoms with Gasteiger partial charge in [0.2, 0.25) is 0 Å². The largest absolute Gasteiger partial charge is 0.360 e. The molecule has 0 aliphatic carbocycles. The minimum absolute atomic E-state index is 0.0850. The number of aryl methyl sites for hydroxylation is 1. The van der Waals surface area contributed by atoms with Crippen LogP contribution in [0.3, 0.4) is 0 Å². The third-order valence-electron chi connectivity index (χ3n) is 2.75. The summed E-state index contributed by atoms with van der Waals surface area (Å²) >= 11 is 7.22. The summed E-state index contributed by atoms with van der Waals surface area (Å²) in [7, 11) is 0. The summed E-state index contributed by atoms with van der Waals surface area (Å²) in [4.78, 5) is 14.1. The number of Topliss-reactive ketones (excluding diaryl/α,β-unsaturated/α-hetero) is 1. The standard InChI is InChI=1S/C14H16ClNO2S/c1-14(2,3)12-7-6-11(19-12)10(17)5-4-9-8-13(15)16-18-9/h6-8H,4-5H2,1-3H3. The van der Waals surface area contributed by atoms with E-state index in [2.05, 4.69) is 25.9 Å². The number of ketones is 1. The summed E-state index contributed by atoms with van der Waals surface area (Å²) in [6.45, 7) is 6.43. The van der Waals surface area contributed by atoms with Gasteiger partial charge in [-0.05, 0) is 17.5 Å². The third-order valence-corrected chi connectivity index (χ3v) is 4.48. The molecule has 0 aromatic carbocycles. The highest BCUT2D eigenvalue weighted by Gasteiger charge is 2.18. The summed E-state index contributed by atoms with van der Waals surface area (Å²) in [6, 6.07) is 5.58. The highest BCUT2D eigenvalue weighted by Crippen LogP contribution is 2.30. The lowest BCUT2D eigenvalue weighted by Crippen LogP contribution is -2.07. The van der Waals surface area contributed by atoms with Crippen LogP contribution < -0.4 is 0 Å². The van der Waals surface area contributed by atoms with Gasteiger partial charge in [0, 0.05) is 23.8 Å². The summed E-state index contributed by atoms with van der Waals surface area (Å²) in [5.74, 6) is 0.777. The van der Waals surface area contributed by atoms with E-state index in [1.54, 1.807) is 17.4 Å². The van der Waals surface area contributed by atoms with E-state index in [0.29, 0.717) is 23.8 Å². The first-order chi connectivity index (χ1) is 8.86. The first kappa shape index (κ1) is 14.3. The van der Waals surface area contributed by atoms with E-state index in [1.165, 1.54) is 4.88 Å². The Kier molecular flexibility index (Phi) is 4.11. The minimum atomic E-state index is 0.0850. The number of thiophene rings is 1. The molecule has 0 radical (unpaired) electrons. The van der Waals surface area contributed by atoms with Gasteiger partial charge in [0.1, 0.15) is 5.76 Å². The summed E-state index contributed by atoms with van der Waals surface area (Å²) < 4.78 is 4.98. The van der Waals surface area contributed by atoms with Crippen LogP contribution in [-0.4, -0.2) is 10.9 Å². The van der Waals surface area contributed by atoms with Crippen LogP contribution in [0.4, 0.5) is 0 Å². The molecule has 0 N–H and O–H groups in total. The van der Waals surface area contributed by atoms with Crippen molar-refractivity contribution in [3.8, 4) is 0 Å². The molecule has 0 fully saturated rings. The fourth-order valence-electron chi connectivity index (χ4n) is 1.66. The van der Waals surface area contributed by atoms with E-state index in [4.69, 9.17) is 16.1 Å². The molecular formula is C14H16ClNO2S. The third kappa shape index (κ3) is 3.67. The Bertz CT molecular complexity index is 580. The predicted molar refractivity (Wildman–Crippen MR) is 77.2 cm³/mol. The van der Waals surface area contributed by atoms with Crippen LogP contribution >= 0.6 is 22.9 Å². The van der Waals surface area contributed by atoms with Gasteiger partial charge in [-0.3, -0.25) is 4.79 Å². The number of rotatable bonds is 4. The molecule has 0 amide bonds. The fraction of sp³-hybridized carbons (Fsp3) is 0.429. The second-order valence-corrected chi connectivity index (χ2v) is 6.92. The Morgan fingerprint density at radius 1 is 1.42 bits per heavy atom. The Labute approximate surface area is 121 Å². The first-order valence-electron chi connectivity index (χ1n) is 6.11. The van der Waals surface area contributed by atoms with Gasteiger partial charge in [0.05, 0.1) is 4.88 Å². The van der Waals surface area contributed by atoms with Crippen molar-refractivity contribution in [2.75, 3.05) is 0 Å². The fourth-order valence-corrected chi connectivity index (χ4v) is 2.84. The summed E-state index contributed by atoms with van der Waals surface area (Å²) in [6.07, 6.45) is 0.941. The molecule has 0 saturated carbocycles. The summed E-state index contributed by atoms with van der Waals surface area (Å²) in [5.41, 5.74) is 0.0850. The lowest BCUT2D eigenvalue weighted by molar-refractivity contribution is 0.0984. The van der Waals surface area contributed by atoms with Gasteiger partial charge in [0.25, 0.3) is 0 Å². The Morgan fingerprint density at radius 2 is 2.16 bits per heavy atom.